The molecule has 0 unspecified atom stereocenters. The minimum atomic E-state index is -4.65. The van der Waals surface area contributed by atoms with Gasteiger partial charge in [-0.05, 0) is 48.9 Å². The van der Waals surface area contributed by atoms with Crippen LogP contribution in [0.2, 0.25) is 5.02 Å². The minimum absolute atomic E-state index is 0.134. The van der Waals surface area contributed by atoms with Crippen LogP contribution in [0.3, 0.4) is 0 Å². The summed E-state index contributed by atoms with van der Waals surface area (Å²) in [5.41, 5.74) is 1.33. The van der Waals surface area contributed by atoms with Crippen molar-refractivity contribution in [3.63, 3.8) is 0 Å². The normalized spacial score (nSPS) is 14.6. The van der Waals surface area contributed by atoms with Crippen molar-refractivity contribution in [2.24, 2.45) is 0 Å². The SMILES string of the molecule is C=CC(=O)N1CCC[C@@H]1OC(=O)Nc1cc2c(Nc3ccc(OCc4ccccn4)c(Cl)c3)ncnc2cc1OCC(F)(F)F. The highest BCUT2D eigenvalue weighted by Crippen LogP contribution is 2.36. The maximum atomic E-state index is 13.0. The monoisotopic (exact) mass is 642 g/mol. The Hall–Kier alpha value is -5.11. The van der Waals surface area contributed by atoms with Crippen LogP contribution in [-0.2, 0) is 16.1 Å². The van der Waals surface area contributed by atoms with E-state index in [-0.39, 0.29) is 29.4 Å². The summed E-state index contributed by atoms with van der Waals surface area (Å²) in [6.07, 6.45) is -1.54. The van der Waals surface area contributed by atoms with Gasteiger partial charge in [0, 0.05) is 36.3 Å². The third-order valence-electron chi connectivity index (χ3n) is 6.56. The first-order chi connectivity index (χ1) is 21.6. The molecule has 0 spiro atoms. The Morgan fingerprint density at radius 2 is 1.93 bits per heavy atom. The molecular formula is C30H26ClF3N6O5. The number of benzene rings is 2. The second-order valence-corrected chi connectivity index (χ2v) is 10.1. The molecule has 234 valence electrons. The highest BCUT2D eigenvalue weighted by Gasteiger charge is 2.32. The smallest absolute Gasteiger partial charge is 0.422 e. The standard InChI is InChI=1S/C30H26ClF3N6O5/c1-2-26(41)40-11-5-7-27(40)45-29(42)39-23-13-20-22(14-25(23)44-16-30(32,33)34)36-17-37-28(20)38-18-8-9-24(21(31)12-18)43-15-19-6-3-4-10-35-19/h2-4,6,8-10,12-14,17,27H,1,5,7,11,15-16H2,(H,39,42)(H,36,37,38)/t27-/m0/s1. The molecular weight excluding hydrogens is 617 g/mol. The molecule has 1 aliphatic rings. The van der Waals surface area contributed by atoms with Gasteiger partial charge in [0.15, 0.2) is 12.8 Å². The molecule has 0 radical (unpaired) electrons. The Bertz CT molecular complexity index is 1710. The molecule has 15 heteroatoms. The average Bonchev–Trinajstić information content (AvgIpc) is 3.47. The van der Waals surface area contributed by atoms with E-state index in [2.05, 4.69) is 32.2 Å². The van der Waals surface area contributed by atoms with E-state index in [0.29, 0.717) is 41.2 Å². The molecule has 3 heterocycles. The van der Waals surface area contributed by atoms with Gasteiger partial charge in [0.25, 0.3) is 0 Å². The third kappa shape index (κ3) is 8.09. The van der Waals surface area contributed by atoms with Crippen molar-refractivity contribution in [2.75, 3.05) is 23.8 Å². The average molecular weight is 643 g/mol. The van der Waals surface area contributed by atoms with Crippen LogP contribution in [0, 0.1) is 0 Å². The lowest BCUT2D eigenvalue weighted by atomic mass is 10.2. The van der Waals surface area contributed by atoms with Gasteiger partial charge in [0.1, 0.15) is 30.3 Å². The predicted molar refractivity (Wildman–Crippen MR) is 159 cm³/mol. The van der Waals surface area contributed by atoms with E-state index in [0.717, 1.165) is 11.8 Å². The summed E-state index contributed by atoms with van der Waals surface area (Å²) < 4.78 is 55.3. The number of hydrogen-bond acceptors (Lipinski definition) is 9. The Kier molecular flexibility index (Phi) is 9.52. The maximum absolute atomic E-state index is 13.0. The number of pyridine rings is 1. The molecule has 0 aliphatic carbocycles. The van der Waals surface area contributed by atoms with Crippen molar-refractivity contribution in [1.29, 1.82) is 0 Å². The molecule has 1 atom stereocenters. The highest BCUT2D eigenvalue weighted by molar-refractivity contribution is 6.32. The van der Waals surface area contributed by atoms with Gasteiger partial charge in [-0.15, -0.1) is 0 Å². The first-order valence-corrected chi connectivity index (χ1v) is 14.0. The number of rotatable bonds is 10. The van der Waals surface area contributed by atoms with E-state index in [1.54, 1.807) is 30.5 Å². The van der Waals surface area contributed by atoms with E-state index in [1.165, 1.54) is 23.4 Å². The molecule has 2 aromatic heterocycles. The van der Waals surface area contributed by atoms with Crippen LogP contribution in [0.25, 0.3) is 10.9 Å². The summed E-state index contributed by atoms with van der Waals surface area (Å²) in [6.45, 7) is 2.41. The number of carbonyl (C=O) groups excluding carboxylic acids is 2. The molecule has 1 aliphatic heterocycles. The number of ether oxygens (including phenoxy) is 3. The van der Waals surface area contributed by atoms with E-state index < -0.39 is 31.0 Å². The quantitative estimate of drug-likeness (QED) is 0.183. The summed E-state index contributed by atoms with van der Waals surface area (Å²) in [6, 6.07) is 13.0. The number of amides is 2. The second kappa shape index (κ2) is 13.7. The van der Waals surface area contributed by atoms with Crippen LogP contribution in [0.15, 0.2) is 73.7 Å². The fourth-order valence-electron chi connectivity index (χ4n) is 4.52. The molecule has 45 heavy (non-hydrogen) atoms. The maximum Gasteiger partial charge on any atom is 0.422 e. The highest BCUT2D eigenvalue weighted by atomic mass is 35.5. The zero-order valence-corrected chi connectivity index (χ0v) is 24.3. The Balaban J connectivity index is 1.38. The lowest BCUT2D eigenvalue weighted by Gasteiger charge is -2.23. The summed E-state index contributed by atoms with van der Waals surface area (Å²) >= 11 is 6.45. The molecule has 1 saturated heterocycles. The van der Waals surface area contributed by atoms with Gasteiger partial charge in [-0.2, -0.15) is 13.2 Å². The van der Waals surface area contributed by atoms with Gasteiger partial charge in [0.2, 0.25) is 5.91 Å². The van der Waals surface area contributed by atoms with Crippen LogP contribution < -0.4 is 20.1 Å². The van der Waals surface area contributed by atoms with Gasteiger partial charge < -0.3 is 24.4 Å². The number of aromatic nitrogens is 3. The summed E-state index contributed by atoms with van der Waals surface area (Å²) in [5, 5.41) is 6.18. The molecule has 5 rings (SSSR count). The number of carbonyl (C=O) groups is 2. The first kappa shape index (κ1) is 31.3. The van der Waals surface area contributed by atoms with Crippen LogP contribution in [0.4, 0.5) is 35.2 Å². The van der Waals surface area contributed by atoms with Crippen molar-refractivity contribution in [3.05, 3.63) is 84.4 Å². The zero-order valence-electron chi connectivity index (χ0n) is 23.5. The van der Waals surface area contributed by atoms with Crippen molar-refractivity contribution in [2.45, 2.75) is 31.9 Å². The summed E-state index contributed by atoms with van der Waals surface area (Å²) in [5.74, 6) is -0.0293. The molecule has 0 saturated carbocycles. The second-order valence-electron chi connectivity index (χ2n) is 9.73. The fraction of sp³-hybridized carbons (Fsp3) is 0.233. The fourth-order valence-corrected chi connectivity index (χ4v) is 4.75. The van der Waals surface area contributed by atoms with Crippen LogP contribution >= 0.6 is 11.6 Å². The van der Waals surface area contributed by atoms with Crippen molar-refractivity contribution >= 4 is 51.7 Å². The molecule has 4 aromatic rings. The lowest BCUT2D eigenvalue weighted by Crippen LogP contribution is -2.38. The predicted octanol–water partition coefficient (Wildman–Crippen LogP) is 6.62. The van der Waals surface area contributed by atoms with E-state index >= 15 is 0 Å². The zero-order chi connectivity index (χ0) is 32.0. The topological polar surface area (TPSA) is 128 Å². The van der Waals surface area contributed by atoms with Gasteiger partial charge in [-0.3, -0.25) is 15.1 Å². The number of alkyl halides is 3. The third-order valence-corrected chi connectivity index (χ3v) is 6.85. The largest absolute Gasteiger partial charge is 0.486 e. The first-order valence-electron chi connectivity index (χ1n) is 13.6. The van der Waals surface area contributed by atoms with Gasteiger partial charge in [0.05, 0.1) is 21.9 Å². The number of likely N-dealkylation sites (tertiary alicyclic amines) is 1. The van der Waals surface area contributed by atoms with Crippen molar-refractivity contribution in [3.8, 4) is 11.5 Å². The molecule has 0 bridgehead atoms. The van der Waals surface area contributed by atoms with Crippen LogP contribution in [0.1, 0.15) is 18.5 Å². The van der Waals surface area contributed by atoms with E-state index in [4.69, 9.17) is 25.8 Å². The van der Waals surface area contributed by atoms with Crippen LogP contribution in [-0.4, -0.2) is 57.4 Å². The number of hydrogen-bond donors (Lipinski definition) is 2. The van der Waals surface area contributed by atoms with Crippen molar-refractivity contribution in [1.82, 2.24) is 19.9 Å². The van der Waals surface area contributed by atoms with Gasteiger partial charge >= 0.3 is 12.3 Å². The summed E-state index contributed by atoms with van der Waals surface area (Å²) in [4.78, 5) is 38.9. The Morgan fingerprint density at radius 1 is 1.09 bits per heavy atom. The minimum Gasteiger partial charge on any atom is -0.486 e. The number of anilines is 3. The van der Waals surface area contributed by atoms with E-state index in [9.17, 15) is 22.8 Å². The summed E-state index contributed by atoms with van der Waals surface area (Å²) in [7, 11) is 0. The molecule has 2 aromatic carbocycles. The van der Waals surface area contributed by atoms with E-state index in [1.807, 2.05) is 12.1 Å². The Labute approximate surface area is 260 Å². The van der Waals surface area contributed by atoms with Gasteiger partial charge in [-0.25, -0.2) is 14.8 Å². The lowest BCUT2D eigenvalue weighted by molar-refractivity contribution is -0.153. The number of fused-ring (bicyclic) bond motifs is 1. The molecule has 2 amide bonds. The number of nitrogens with zero attached hydrogens (tertiary/aromatic N) is 4. The number of halogens is 4. The molecule has 1 fully saturated rings. The van der Waals surface area contributed by atoms with Crippen LogP contribution in [0.5, 0.6) is 11.5 Å². The molecule has 11 nitrogen and oxygen atoms in total. The molecule has 2 N–H and O–H groups in total. The number of nitrogens with one attached hydrogen (secondary N) is 2. The Morgan fingerprint density at radius 3 is 2.67 bits per heavy atom. The van der Waals surface area contributed by atoms with Crippen molar-refractivity contribution < 1.29 is 37.0 Å². The van der Waals surface area contributed by atoms with Gasteiger partial charge in [-0.1, -0.05) is 24.2 Å².